The first-order valence-electron chi connectivity index (χ1n) is 8.36. The Labute approximate surface area is 149 Å². The third kappa shape index (κ3) is 5.69. The van der Waals surface area contributed by atoms with Crippen molar-refractivity contribution in [1.29, 1.82) is 0 Å². The second-order valence-corrected chi connectivity index (χ2v) is 7.72. The molecule has 5 nitrogen and oxygen atoms in total. The number of carbonyl (C=O) groups excluding carboxylic acids is 1. The summed E-state index contributed by atoms with van der Waals surface area (Å²) < 4.78 is 27.5. The molecule has 0 aliphatic carbocycles. The average molecular weight is 360 g/mol. The summed E-state index contributed by atoms with van der Waals surface area (Å²) in [5, 5.41) is 2.79. The number of amides is 1. The highest BCUT2D eigenvalue weighted by atomic mass is 32.2. The van der Waals surface area contributed by atoms with E-state index in [1.165, 1.54) is 12.1 Å². The summed E-state index contributed by atoms with van der Waals surface area (Å²) in [5.41, 5.74) is 2.30. The van der Waals surface area contributed by atoms with E-state index < -0.39 is 10.0 Å². The molecule has 2 aromatic carbocycles. The first kappa shape index (κ1) is 19.1. The Kier molecular flexibility index (Phi) is 6.73. The van der Waals surface area contributed by atoms with Crippen molar-refractivity contribution in [2.45, 2.75) is 38.1 Å². The fraction of sp³-hybridized carbons (Fsp3) is 0.316. The molecule has 25 heavy (non-hydrogen) atoms. The van der Waals surface area contributed by atoms with E-state index in [-0.39, 0.29) is 17.3 Å². The second kappa shape index (κ2) is 8.78. The van der Waals surface area contributed by atoms with Crippen molar-refractivity contribution in [3.8, 4) is 0 Å². The predicted octanol–water partition coefficient (Wildman–Crippen LogP) is 3.00. The summed E-state index contributed by atoms with van der Waals surface area (Å²) in [6, 6.07) is 13.7. The van der Waals surface area contributed by atoms with Crippen LogP contribution in [0, 0.1) is 6.92 Å². The van der Waals surface area contributed by atoms with Gasteiger partial charge in [-0.25, -0.2) is 13.1 Å². The highest BCUT2D eigenvalue weighted by molar-refractivity contribution is 7.89. The predicted molar refractivity (Wildman–Crippen MR) is 98.9 cm³/mol. The molecule has 0 unspecified atom stereocenters. The van der Waals surface area contributed by atoms with E-state index in [1.807, 2.05) is 38.1 Å². The van der Waals surface area contributed by atoms with Crippen LogP contribution in [-0.4, -0.2) is 20.9 Å². The Morgan fingerprint density at radius 3 is 2.56 bits per heavy atom. The molecule has 0 atom stereocenters. The van der Waals surface area contributed by atoms with Crippen LogP contribution in [0.25, 0.3) is 0 Å². The Morgan fingerprint density at radius 1 is 1.08 bits per heavy atom. The van der Waals surface area contributed by atoms with Gasteiger partial charge < -0.3 is 5.32 Å². The van der Waals surface area contributed by atoms with Crippen LogP contribution in [0.15, 0.2) is 53.4 Å². The quantitative estimate of drug-likeness (QED) is 0.711. The van der Waals surface area contributed by atoms with Crippen molar-refractivity contribution < 1.29 is 13.2 Å². The van der Waals surface area contributed by atoms with Crippen molar-refractivity contribution in [3.63, 3.8) is 0 Å². The number of hydrogen-bond acceptors (Lipinski definition) is 3. The molecular weight excluding hydrogens is 336 g/mol. The normalized spacial score (nSPS) is 11.3. The zero-order chi connectivity index (χ0) is 18.3. The fourth-order valence-corrected chi connectivity index (χ4v) is 3.43. The number of carbonyl (C=O) groups is 1. The molecule has 2 aromatic rings. The number of nitrogens with one attached hydrogen (secondary N) is 2. The topological polar surface area (TPSA) is 75.3 Å². The van der Waals surface area contributed by atoms with Gasteiger partial charge >= 0.3 is 0 Å². The minimum Gasteiger partial charge on any atom is -0.352 e. The molecular formula is C19H24N2O3S. The van der Waals surface area contributed by atoms with Crippen molar-refractivity contribution in [1.82, 2.24) is 10.0 Å². The molecule has 0 saturated heterocycles. The van der Waals surface area contributed by atoms with E-state index in [1.54, 1.807) is 12.1 Å². The van der Waals surface area contributed by atoms with E-state index in [2.05, 4.69) is 10.0 Å². The van der Waals surface area contributed by atoms with Gasteiger partial charge in [0, 0.05) is 18.7 Å². The molecule has 2 N–H and O–H groups in total. The van der Waals surface area contributed by atoms with Crippen LogP contribution >= 0.6 is 0 Å². The van der Waals surface area contributed by atoms with Gasteiger partial charge in [-0.2, -0.15) is 0 Å². The van der Waals surface area contributed by atoms with E-state index in [0.717, 1.165) is 24.0 Å². The standard InChI is InChI=1S/C19H24N2O3S/c1-3-4-11-20-19(22)17-9-6-10-18(13-17)25(23,24)21-14-16-8-5-7-15(2)12-16/h5-10,12-13,21H,3-4,11,14H2,1-2H3,(H,20,22). The second-order valence-electron chi connectivity index (χ2n) is 5.95. The fourth-order valence-electron chi connectivity index (χ4n) is 2.37. The maximum Gasteiger partial charge on any atom is 0.251 e. The summed E-state index contributed by atoms with van der Waals surface area (Å²) in [5.74, 6) is -0.260. The van der Waals surface area contributed by atoms with Crippen molar-refractivity contribution in [3.05, 3.63) is 65.2 Å². The minimum atomic E-state index is -3.68. The van der Waals surface area contributed by atoms with Gasteiger partial charge in [-0.3, -0.25) is 4.79 Å². The lowest BCUT2D eigenvalue weighted by Crippen LogP contribution is -2.26. The van der Waals surface area contributed by atoms with Gasteiger partial charge in [-0.15, -0.1) is 0 Å². The number of rotatable bonds is 8. The third-order valence-corrected chi connectivity index (χ3v) is 5.17. The van der Waals surface area contributed by atoms with Crippen LogP contribution in [0.1, 0.15) is 41.3 Å². The average Bonchev–Trinajstić information content (AvgIpc) is 2.60. The number of hydrogen-bond donors (Lipinski definition) is 2. The largest absolute Gasteiger partial charge is 0.352 e. The van der Waals surface area contributed by atoms with Crippen LogP contribution < -0.4 is 10.0 Å². The highest BCUT2D eigenvalue weighted by Crippen LogP contribution is 2.13. The summed E-state index contributed by atoms with van der Waals surface area (Å²) in [6.45, 7) is 4.78. The van der Waals surface area contributed by atoms with Crippen LogP contribution in [-0.2, 0) is 16.6 Å². The Morgan fingerprint density at radius 2 is 1.84 bits per heavy atom. The van der Waals surface area contributed by atoms with Crippen LogP contribution in [0.5, 0.6) is 0 Å². The van der Waals surface area contributed by atoms with E-state index in [9.17, 15) is 13.2 Å². The highest BCUT2D eigenvalue weighted by Gasteiger charge is 2.16. The maximum absolute atomic E-state index is 12.5. The Bertz CT molecular complexity index is 832. The van der Waals surface area contributed by atoms with Crippen molar-refractivity contribution in [2.24, 2.45) is 0 Å². The van der Waals surface area contributed by atoms with Crippen molar-refractivity contribution in [2.75, 3.05) is 6.54 Å². The molecule has 0 heterocycles. The molecule has 0 radical (unpaired) electrons. The van der Waals surface area contributed by atoms with Gasteiger partial charge in [0.1, 0.15) is 0 Å². The van der Waals surface area contributed by atoms with Crippen LogP contribution in [0.4, 0.5) is 0 Å². The van der Waals surface area contributed by atoms with E-state index in [4.69, 9.17) is 0 Å². The number of benzene rings is 2. The van der Waals surface area contributed by atoms with Crippen LogP contribution in [0.3, 0.4) is 0 Å². The molecule has 6 heteroatoms. The SMILES string of the molecule is CCCCNC(=O)c1cccc(S(=O)(=O)NCc2cccc(C)c2)c1. The Hall–Kier alpha value is -2.18. The monoisotopic (exact) mass is 360 g/mol. The molecule has 2 rings (SSSR count). The van der Waals surface area contributed by atoms with E-state index in [0.29, 0.717) is 12.1 Å². The molecule has 0 aliphatic rings. The lowest BCUT2D eigenvalue weighted by atomic mass is 10.1. The maximum atomic E-state index is 12.5. The summed E-state index contributed by atoms with van der Waals surface area (Å²) >= 11 is 0. The number of aryl methyl sites for hydroxylation is 1. The molecule has 1 amide bonds. The first-order chi connectivity index (χ1) is 11.9. The molecule has 0 aromatic heterocycles. The molecule has 134 valence electrons. The summed E-state index contributed by atoms with van der Waals surface area (Å²) in [4.78, 5) is 12.2. The van der Waals surface area contributed by atoms with Gasteiger partial charge in [0.15, 0.2) is 0 Å². The minimum absolute atomic E-state index is 0.0864. The first-order valence-corrected chi connectivity index (χ1v) is 9.84. The van der Waals surface area contributed by atoms with Crippen molar-refractivity contribution >= 4 is 15.9 Å². The van der Waals surface area contributed by atoms with Gasteiger partial charge in [0.2, 0.25) is 10.0 Å². The molecule has 0 aliphatic heterocycles. The van der Waals surface area contributed by atoms with E-state index >= 15 is 0 Å². The molecule has 0 fully saturated rings. The van der Waals surface area contributed by atoms with Gasteiger partial charge in [-0.05, 0) is 37.1 Å². The molecule has 0 bridgehead atoms. The number of unbranched alkanes of at least 4 members (excludes halogenated alkanes) is 1. The lowest BCUT2D eigenvalue weighted by molar-refractivity contribution is 0.0953. The smallest absolute Gasteiger partial charge is 0.251 e. The van der Waals surface area contributed by atoms with Gasteiger partial charge in [0.25, 0.3) is 5.91 Å². The van der Waals surface area contributed by atoms with Gasteiger partial charge in [-0.1, -0.05) is 49.2 Å². The lowest BCUT2D eigenvalue weighted by Gasteiger charge is -2.09. The number of sulfonamides is 1. The van der Waals surface area contributed by atoms with Gasteiger partial charge in [0.05, 0.1) is 4.90 Å². The van der Waals surface area contributed by atoms with Crippen LogP contribution in [0.2, 0.25) is 0 Å². The molecule has 0 spiro atoms. The Balaban J connectivity index is 2.08. The zero-order valence-electron chi connectivity index (χ0n) is 14.6. The summed E-state index contributed by atoms with van der Waals surface area (Å²) in [6.07, 6.45) is 1.87. The third-order valence-electron chi connectivity index (χ3n) is 3.77. The zero-order valence-corrected chi connectivity index (χ0v) is 15.4. The molecule has 0 saturated carbocycles. The summed E-state index contributed by atoms with van der Waals surface area (Å²) in [7, 11) is -3.68.